The van der Waals surface area contributed by atoms with Gasteiger partial charge in [-0.3, -0.25) is 0 Å². The Bertz CT molecular complexity index is 636. The van der Waals surface area contributed by atoms with Gasteiger partial charge in [-0.2, -0.15) is 5.26 Å². The lowest BCUT2D eigenvalue weighted by atomic mass is 9.84. The predicted molar refractivity (Wildman–Crippen MR) is 87.1 cm³/mol. The van der Waals surface area contributed by atoms with Crippen molar-refractivity contribution in [3.63, 3.8) is 0 Å². The summed E-state index contributed by atoms with van der Waals surface area (Å²) in [5.74, 6) is 0. The molecule has 0 aliphatic carbocycles. The molecule has 0 fully saturated rings. The first kappa shape index (κ1) is 15.3. The Morgan fingerprint density at radius 1 is 1.10 bits per heavy atom. The van der Waals surface area contributed by atoms with Crippen LogP contribution in [0, 0.1) is 18.3 Å². The van der Waals surface area contributed by atoms with E-state index in [1.54, 1.807) is 0 Å². The van der Waals surface area contributed by atoms with Gasteiger partial charge in [-0.1, -0.05) is 50.2 Å². The van der Waals surface area contributed by atoms with E-state index in [0.717, 1.165) is 18.7 Å². The third-order valence-electron chi connectivity index (χ3n) is 3.91. The summed E-state index contributed by atoms with van der Waals surface area (Å²) >= 11 is 0. The lowest BCUT2D eigenvalue weighted by Gasteiger charge is -2.26. The zero-order valence-electron chi connectivity index (χ0n) is 13.0. The minimum absolute atomic E-state index is 0.0990. The Hall–Kier alpha value is -2.11. The Morgan fingerprint density at radius 2 is 1.81 bits per heavy atom. The standard InChI is InChI=1S/C19H22N2/c1-15-11-16(12-20)9-10-17(15)13-21-14-19(2,3)18-7-5-4-6-8-18/h4-11,21H,13-14H2,1-3H3. The molecule has 2 aromatic carbocycles. The molecule has 0 atom stereocenters. The third kappa shape index (κ3) is 3.93. The van der Waals surface area contributed by atoms with Gasteiger partial charge in [0.25, 0.3) is 0 Å². The van der Waals surface area contributed by atoms with Crippen LogP contribution in [0.25, 0.3) is 0 Å². The molecule has 0 aliphatic rings. The first-order chi connectivity index (χ1) is 10.0. The van der Waals surface area contributed by atoms with Crippen molar-refractivity contribution in [2.45, 2.75) is 32.7 Å². The van der Waals surface area contributed by atoms with Gasteiger partial charge in [0.2, 0.25) is 0 Å². The highest BCUT2D eigenvalue weighted by Gasteiger charge is 2.19. The SMILES string of the molecule is Cc1cc(C#N)ccc1CNCC(C)(C)c1ccccc1. The second kappa shape index (κ2) is 6.56. The molecule has 2 rings (SSSR count). The normalized spacial score (nSPS) is 11.1. The first-order valence-corrected chi connectivity index (χ1v) is 7.29. The molecule has 2 nitrogen and oxygen atoms in total. The number of nitriles is 1. The molecule has 0 spiro atoms. The molecule has 0 amide bonds. The summed E-state index contributed by atoms with van der Waals surface area (Å²) < 4.78 is 0. The van der Waals surface area contributed by atoms with E-state index in [0.29, 0.717) is 0 Å². The summed E-state index contributed by atoms with van der Waals surface area (Å²) in [7, 11) is 0. The molecule has 0 aliphatic heterocycles. The number of aryl methyl sites for hydroxylation is 1. The highest BCUT2D eigenvalue weighted by atomic mass is 14.9. The van der Waals surface area contributed by atoms with Crippen LogP contribution < -0.4 is 5.32 Å². The maximum atomic E-state index is 8.90. The molecule has 0 saturated heterocycles. The van der Waals surface area contributed by atoms with E-state index >= 15 is 0 Å². The van der Waals surface area contributed by atoms with Crippen LogP contribution in [0.2, 0.25) is 0 Å². The van der Waals surface area contributed by atoms with Crippen molar-refractivity contribution in [1.29, 1.82) is 5.26 Å². The topological polar surface area (TPSA) is 35.8 Å². The van der Waals surface area contributed by atoms with Crippen molar-refractivity contribution in [3.8, 4) is 6.07 Å². The molecule has 108 valence electrons. The van der Waals surface area contributed by atoms with Gasteiger partial charge in [-0.25, -0.2) is 0 Å². The minimum Gasteiger partial charge on any atom is -0.312 e. The van der Waals surface area contributed by atoms with E-state index < -0.39 is 0 Å². The van der Waals surface area contributed by atoms with Crippen LogP contribution in [-0.2, 0) is 12.0 Å². The first-order valence-electron chi connectivity index (χ1n) is 7.29. The van der Waals surface area contributed by atoms with Crippen LogP contribution >= 0.6 is 0 Å². The van der Waals surface area contributed by atoms with Gasteiger partial charge < -0.3 is 5.32 Å². The second-order valence-electron chi connectivity index (χ2n) is 6.11. The Kier molecular flexibility index (Phi) is 4.77. The van der Waals surface area contributed by atoms with Crippen molar-refractivity contribution in [2.75, 3.05) is 6.54 Å². The van der Waals surface area contributed by atoms with Crippen molar-refractivity contribution in [2.24, 2.45) is 0 Å². The van der Waals surface area contributed by atoms with Gasteiger partial charge in [0.05, 0.1) is 11.6 Å². The van der Waals surface area contributed by atoms with Gasteiger partial charge in [0, 0.05) is 18.5 Å². The quantitative estimate of drug-likeness (QED) is 0.899. The molecule has 0 aromatic heterocycles. The molecular formula is C19H22N2. The van der Waals surface area contributed by atoms with Gasteiger partial charge >= 0.3 is 0 Å². The molecule has 1 N–H and O–H groups in total. The summed E-state index contributed by atoms with van der Waals surface area (Å²) in [6.07, 6.45) is 0. The lowest BCUT2D eigenvalue weighted by Crippen LogP contribution is -2.32. The molecule has 0 bridgehead atoms. The Balaban J connectivity index is 1.97. The van der Waals surface area contributed by atoms with E-state index in [1.165, 1.54) is 16.7 Å². The fourth-order valence-electron chi connectivity index (χ4n) is 2.46. The van der Waals surface area contributed by atoms with E-state index in [-0.39, 0.29) is 5.41 Å². The fourth-order valence-corrected chi connectivity index (χ4v) is 2.46. The highest BCUT2D eigenvalue weighted by molar-refractivity contribution is 5.37. The highest BCUT2D eigenvalue weighted by Crippen LogP contribution is 2.22. The molecule has 0 heterocycles. The van der Waals surface area contributed by atoms with Crippen molar-refractivity contribution < 1.29 is 0 Å². The van der Waals surface area contributed by atoms with Crippen molar-refractivity contribution in [3.05, 3.63) is 70.8 Å². The second-order valence-corrected chi connectivity index (χ2v) is 6.11. The number of nitrogens with one attached hydrogen (secondary N) is 1. The molecule has 0 unspecified atom stereocenters. The summed E-state index contributed by atoms with van der Waals surface area (Å²) in [5.41, 5.74) is 4.58. The number of rotatable bonds is 5. The monoisotopic (exact) mass is 278 g/mol. The number of nitrogens with zero attached hydrogens (tertiary/aromatic N) is 1. The van der Waals surface area contributed by atoms with Crippen LogP contribution in [0.15, 0.2) is 48.5 Å². The summed E-state index contributed by atoms with van der Waals surface area (Å²) in [6, 6.07) is 18.6. The van der Waals surface area contributed by atoms with E-state index in [2.05, 4.69) is 56.4 Å². The van der Waals surface area contributed by atoms with Crippen LogP contribution in [0.1, 0.15) is 36.1 Å². The smallest absolute Gasteiger partial charge is 0.0991 e. The maximum Gasteiger partial charge on any atom is 0.0991 e. The van der Waals surface area contributed by atoms with Crippen LogP contribution in [0.4, 0.5) is 0 Å². The van der Waals surface area contributed by atoms with Crippen LogP contribution in [0.3, 0.4) is 0 Å². The maximum absolute atomic E-state index is 8.90. The molecule has 2 heteroatoms. The number of hydrogen-bond donors (Lipinski definition) is 1. The van der Waals surface area contributed by atoms with Gasteiger partial charge in [0.1, 0.15) is 0 Å². The third-order valence-corrected chi connectivity index (χ3v) is 3.91. The molecular weight excluding hydrogens is 256 g/mol. The number of benzene rings is 2. The Labute approximate surface area is 127 Å². The van der Waals surface area contributed by atoms with Crippen LogP contribution in [0.5, 0.6) is 0 Å². The Morgan fingerprint density at radius 3 is 2.43 bits per heavy atom. The predicted octanol–water partition coefficient (Wildman–Crippen LogP) is 3.93. The van der Waals surface area contributed by atoms with Crippen LogP contribution in [-0.4, -0.2) is 6.54 Å². The largest absolute Gasteiger partial charge is 0.312 e. The lowest BCUT2D eigenvalue weighted by molar-refractivity contribution is 0.468. The van der Waals surface area contributed by atoms with Gasteiger partial charge in [0.15, 0.2) is 0 Å². The molecule has 21 heavy (non-hydrogen) atoms. The zero-order valence-corrected chi connectivity index (χ0v) is 13.0. The fraction of sp³-hybridized carbons (Fsp3) is 0.316. The van der Waals surface area contributed by atoms with Crippen molar-refractivity contribution in [1.82, 2.24) is 5.32 Å². The van der Waals surface area contributed by atoms with E-state index in [4.69, 9.17) is 5.26 Å². The summed E-state index contributed by atoms with van der Waals surface area (Å²) in [4.78, 5) is 0. The van der Waals surface area contributed by atoms with E-state index in [1.807, 2.05) is 24.3 Å². The van der Waals surface area contributed by atoms with Gasteiger partial charge in [-0.05, 0) is 35.7 Å². The molecule has 0 radical (unpaired) electrons. The summed E-state index contributed by atoms with van der Waals surface area (Å²) in [6.45, 7) is 8.30. The minimum atomic E-state index is 0.0990. The zero-order chi connectivity index (χ0) is 15.3. The van der Waals surface area contributed by atoms with E-state index in [9.17, 15) is 0 Å². The number of hydrogen-bond acceptors (Lipinski definition) is 2. The molecule has 2 aromatic rings. The average Bonchev–Trinajstić information content (AvgIpc) is 2.49. The van der Waals surface area contributed by atoms with Crippen molar-refractivity contribution >= 4 is 0 Å². The average molecular weight is 278 g/mol. The molecule has 0 saturated carbocycles. The summed E-state index contributed by atoms with van der Waals surface area (Å²) in [5, 5.41) is 12.4. The van der Waals surface area contributed by atoms with Gasteiger partial charge in [-0.15, -0.1) is 0 Å².